The molecule has 0 aromatic heterocycles. The van der Waals surface area contributed by atoms with E-state index >= 15 is 0 Å². The summed E-state index contributed by atoms with van der Waals surface area (Å²) in [6, 6.07) is 5.76. The van der Waals surface area contributed by atoms with E-state index in [1.54, 1.807) is 6.07 Å². The summed E-state index contributed by atoms with van der Waals surface area (Å²) in [5, 5.41) is 0. The van der Waals surface area contributed by atoms with Crippen LogP contribution in [0.4, 0.5) is 4.39 Å². The Morgan fingerprint density at radius 2 is 2.19 bits per heavy atom. The minimum Gasteiger partial charge on any atom is -0.305 e. The number of nitrogens with zero attached hydrogens (tertiary/aromatic N) is 1. The SMILES string of the molecule is Cc1ccc([C@@]23C[C@H]2CN(C)C3)cc1F.Cl. The highest BCUT2D eigenvalue weighted by Gasteiger charge is 2.59. The number of rotatable bonds is 1. The molecule has 0 radical (unpaired) electrons. The highest BCUT2D eigenvalue weighted by Crippen LogP contribution is 2.58. The Morgan fingerprint density at radius 1 is 1.44 bits per heavy atom. The van der Waals surface area contributed by atoms with Gasteiger partial charge in [0.25, 0.3) is 0 Å². The van der Waals surface area contributed by atoms with Gasteiger partial charge in [0.2, 0.25) is 0 Å². The molecule has 0 N–H and O–H groups in total. The second-order valence-electron chi connectivity index (χ2n) is 5.22. The van der Waals surface area contributed by atoms with Crippen molar-refractivity contribution in [3.63, 3.8) is 0 Å². The van der Waals surface area contributed by atoms with E-state index in [9.17, 15) is 4.39 Å². The molecule has 1 nitrogen and oxygen atoms in total. The lowest BCUT2D eigenvalue weighted by Crippen LogP contribution is -2.22. The van der Waals surface area contributed by atoms with Crippen LogP contribution in [0.3, 0.4) is 0 Å². The number of hydrogen-bond acceptors (Lipinski definition) is 1. The van der Waals surface area contributed by atoms with Crippen molar-refractivity contribution in [1.29, 1.82) is 0 Å². The Balaban J connectivity index is 0.000000963. The lowest BCUT2D eigenvalue weighted by Gasteiger charge is -2.16. The van der Waals surface area contributed by atoms with Crippen molar-refractivity contribution in [2.75, 3.05) is 20.1 Å². The molecular weight excluding hydrogens is 225 g/mol. The molecule has 1 aromatic rings. The molecule has 3 heteroatoms. The summed E-state index contributed by atoms with van der Waals surface area (Å²) in [5.74, 6) is 0.715. The molecule has 1 heterocycles. The Kier molecular flexibility index (Phi) is 2.75. The molecule has 2 aliphatic rings. The first-order valence-corrected chi connectivity index (χ1v) is 5.57. The maximum Gasteiger partial charge on any atom is 0.126 e. The first-order valence-electron chi connectivity index (χ1n) is 5.57. The van der Waals surface area contributed by atoms with Crippen LogP contribution in [0, 0.1) is 18.7 Å². The highest BCUT2D eigenvalue weighted by molar-refractivity contribution is 5.85. The van der Waals surface area contributed by atoms with Crippen LogP contribution in [-0.4, -0.2) is 25.0 Å². The van der Waals surface area contributed by atoms with Gasteiger partial charge < -0.3 is 4.90 Å². The molecule has 1 aliphatic heterocycles. The fourth-order valence-corrected chi connectivity index (χ4v) is 3.08. The fraction of sp³-hybridized carbons (Fsp3) is 0.538. The molecule has 0 unspecified atom stereocenters. The molecule has 1 saturated heterocycles. The molecule has 0 spiro atoms. The first kappa shape index (κ1) is 11.9. The van der Waals surface area contributed by atoms with E-state index in [4.69, 9.17) is 0 Å². The van der Waals surface area contributed by atoms with Crippen molar-refractivity contribution in [2.24, 2.45) is 5.92 Å². The van der Waals surface area contributed by atoms with Crippen LogP contribution in [0.15, 0.2) is 18.2 Å². The first-order chi connectivity index (χ1) is 7.12. The zero-order valence-corrected chi connectivity index (χ0v) is 10.5. The van der Waals surface area contributed by atoms with Crippen LogP contribution in [0.5, 0.6) is 0 Å². The van der Waals surface area contributed by atoms with Crippen LogP contribution in [0.2, 0.25) is 0 Å². The number of halogens is 2. The Hall–Kier alpha value is -0.600. The van der Waals surface area contributed by atoms with Crippen LogP contribution < -0.4 is 0 Å². The van der Waals surface area contributed by atoms with E-state index < -0.39 is 0 Å². The number of aryl methyl sites for hydroxylation is 1. The topological polar surface area (TPSA) is 3.24 Å². The third-order valence-corrected chi connectivity index (χ3v) is 4.06. The molecule has 0 bridgehead atoms. The second kappa shape index (κ2) is 3.71. The molecule has 3 rings (SSSR count). The van der Waals surface area contributed by atoms with E-state index in [1.807, 2.05) is 13.0 Å². The van der Waals surface area contributed by atoms with Crippen molar-refractivity contribution in [2.45, 2.75) is 18.8 Å². The average molecular weight is 242 g/mol. The van der Waals surface area contributed by atoms with Gasteiger partial charge in [0.05, 0.1) is 0 Å². The molecule has 2 atom stereocenters. The minimum atomic E-state index is -0.0536. The predicted octanol–water partition coefficient (Wildman–Crippen LogP) is 2.76. The zero-order chi connectivity index (χ0) is 10.6. The lowest BCUT2D eigenvalue weighted by atomic mass is 9.94. The van der Waals surface area contributed by atoms with E-state index in [1.165, 1.54) is 18.5 Å². The number of benzene rings is 1. The lowest BCUT2D eigenvalue weighted by molar-refractivity contribution is 0.363. The monoisotopic (exact) mass is 241 g/mol. The normalized spacial score (nSPS) is 32.1. The van der Waals surface area contributed by atoms with Crippen molar-refractivity contribution in [1.82, 2.24) is 4.90 Å². The maximum atomic E-state index is 13.5. The van der Waals surface area contributed by atoms with E-state index in [0.717, 1.165) is 18.0 Å². The quantitative estimate of drug-likeness (QED) is 0.731. The molecule has 1 aromatic carbocycles. The van der Waals surface area contributed by atoms with Crippen LogP contribution in [-0.2, 0) is 5.41 Å². The van der Waals surface area contributed by atoms with Crippen molar-refractivity contribution in [3.05, 3.63) is 35.1 Å². The minimum absolute atomic E-state index is 0. The largest absolute Gasteiger partial charge is 0.305 e. The molecular formula is C13H17ClFN. The van der Waals surface area contributed by atoms with E-state index in [0.29, 0.717) is 5.41 Å². The van der Waals surface area contributed by atoms with Gasteiger partial charge in [-0.25, -0.2) is 4.39 Å². The fourth-order valence-electron chi connectivity index (χ4n) is 3.08. The third-order valence-electron chi connectivity index (χ3n) is 4.06. The maximum absolute atomic E-state index is 13.5. The van der Waals surface area contributed by atoms with Gasteiger partial charge >= 0.3 is 0 Å². The van der Waals surface area contributed by atoms with E-state index in [-0.39, 0.29) is 18.2 Å². The smallest absolute Gasteiger partial charge is 0.126 e. The van der Waals surface area contributed by atoms with Gasteiger partial charge in [0, 0.05) is 18.5 Å². The molecule has 1 aliphatic carbocycles. The van der Waals surface area contributed by atoms with Gasteiger partial charge in [0.15, 0.2) is 0 Å². The number of piperidine rings is 1. The van der Waals surface area contributed by atoms with Crippen LogP contribution in [0.1, 0.15) is 17.5 Å². The molecule has 16 heavy (non-hydrogen) atoms. The number of likely N-dealkylation sites (N-methyl/N-ethyl adjacent to an activating group) is 1. The van der Waals surface area contributed by atoms with Gasteiger partial charge in [-0.3, -0.25) is 0 Å². The van der Waals surface area contributed by atoms with Crippen molar-refractivity contribution < 1.29 is 4.39 Å². The summed E-state index contributed by atoms with van der Waals surface area (Å²) in [5.41, 5.74) is 2.25. The third kappa shape index (κ3) is 1.56. The molecule has 2 fully saturated rings. The summed E-state index contributed by atoms with van der Waals surface area (Å²) in [4.78, 5) is 2.35. The highest BCUT2D eigenvalue weighted by atomic mass is 35.5. The van der Waals surface area contributed by atoms with Crippen LogP contribution >= 0.6 is 12.4 Å². The van der Waals surface area contributed by atoms with E-state index in [2.05, 4.69) is 18.0 Å². The standard InChI is InChI=1S/C13H16FN.ClH/c1-9-3-4-10(5-12(9)14)13-6-11(13)7-15(2)8-13;/h3-5,11H,6-8H2,1-2H3;1H/t11-,13-;/m0./s1. The van der Waals surface area contributed by atoms with Crippen molar-refractivity contribution >= 4 is 12.4 Å². The second-order valence-corrected chi connectivity index (χ2v) is 5.22. The summed E-state index contributed by atoms with van der Waals surface area (Å²) < 4.78 is 13.5. The van der Waals surface area contributed by atoms with Gasteiger partial charge in [0.1, 0.15) is 5.82 Å². The van der Waals surface area contributed by atoms with Crippen LogP contribution in [0.25, 0.3) is 0 Å². The van der Waals surface area contributed by atoms with Gasteiger partial charge in [-0.15, -0.1) is 12.4 Å². The van der Waals surface area contributed by atoms with Gasteiger partial charge in [-0.2, -0.15) is 0 Å². The van der Waals surface area contributed by atoms with Crippen molar-refractivity contribution in [3.8, 4) is 0 Å². The predicted molar refractivity (Wildman–Crippen MR) is 65.7 cm³/mol. The Morgan fingerprint density at radius 3 is 2.75 bits per heavy atom. The average Bonchev–Trinajstić information content (AvgIpc) is 2.75. The summed E-state index contributed by atoms with van der Waals surface area (Å²) in [6.45, 7) is 4.09. The summed E-state index contributed by atoms with van der Waals surface area (Å²) in [6.07, 6.45) is 1.25. The number of fused-ring (bicyclic) bond motifs is 1. The number of hydrogen-bond donors (Lipinski definition) is 0. The summed E-state index contributed by atoms with van der Waals surface area (Å²) >= 11 is 0. The molecule has 1 saturated carbocycles. The van der Waals surface area contributed by atoms with Gasteiger partial charge in [-0.1, -0.05) is 12.1 Å². The Bertz CT molecular complexity index is 420. The zero-order valence-electron chi connectivity index (χ0n) is 9.66. The Labute approximate surface area is 102 Å². The summed E-state index contributed by atoms with van der Waals surface area (Å²) in [7, 11) is 2.15. The molecule has 0 amide bonds. The number of likely N-dealkylation sites (tertiary alicyclic amines) is 1. The molecule has 88 valence electrons. The van der Waals surface area contributed by atoms with Gasteiger partial charge in [-0.05, 0) is 43.5 Å².